The van der Waals surface area contributed by atoms with Gasteiger partial charge in [-0.1, -0.05) is 103 Å². The van der Waals surface area contributed by atoms with Gasteiger partial charge in [0.05, 0.1) is 18.5 Å². The second-order valence-corrected chi connectivity index (χ2v) is 14.2. The minimum Gasteiger partial charge on any atom is -0.509 e. The fourth-order valence-corrected chi connectivity index (χ4v) is 6.54. The number of pyridine rings is 1. The Morgan fingerprint density at radius 3 is 2.20 bits per heavy atom. The molecule has 0 radical (unpaired) electrons. The third-order valence-corrected chi connectivity index (χ3v) is 8.99. The molecule has 0 fully saturated rings. The molecule has 0 amide bonds. The van der Waals surface area contributed by atoms with Crippen molar-refractivity contribution >= 4 is 21.8 Å². The summed E-state index contributed by atoms with van der Waals surface area (Å²) in [5.74, 6) is 3.14. The largest absolute Gasteiger partial charge is 2.00 e. The first-order chi connectivity index (χ1) is 23.5. The Hall–Kier alpha value is -4.67. The molecule has 0 spiro atoms. The number of hydrogen-bond donors (Lipinski definition) is 0. The molecule has 0 aliphatic heterocycles. The average molecular weight is 842 g/mol. The van der Waals surface area contributed by atoms with Crippen molar-refractivity contribution in [1.82, 2.24) is 19.3 Å². The first-order valence-electron chi connectivity index (χ1n) is 16.9. The smallest absolute Gasteiger partial charge is 0.509 e. The number of para-hydroxylation sites is 1. The van der Waals surface area contributed by atoms with Crippen LogP contribution in [-0.2, 0) is 26.5 Å². The second kappa shape index (κ2) is 13.9. The van der Waals surface area contributed by atoms with Crippen LogP contribution in [0.15, 0.2) is 97.2 Å². The number of ether oxygens (including phenoxy) is 2. The predicted octanol–water partition coefficient (Wildman–Crippen LogP) is 11.0. The molecule has 256 valence electrons. The first kappa shape index (κ1) is 35.2. The first-order valence-corrected chi connectivity index (χ1v) is 16.9. The van der Waals surface area contributed by atoms with Crippen LogP contribution in [0.3, 0.4) is 0 Å². The Labute approximate surface area is 309 Å². The minimum atomic E-state index is -0.144. The Morgan fingerprint density at radius 1 is 0.760 bits per heavy atom. The molecule has 0 N–H and O–H groups in total. The van der Waals surface area contributed by atoms with E-state index in [1.165, 1.54) is 11.1 Å². The molecule has 7 aromatic rings. The van der Waals surface area contributed by atoms with Crippen LogP contribution in [0.25, 0.3) is 44.4 Å². The minimum absolute atomic E-state index is 0. The Kier molecular flexibility index (Phi) is 9.79. The Balaban J connectivity index is 0.00000432. The zero-order chi connectivity index (χ0) is 34.4. The van der Waals surface area contributed by atoms with Crippen molar-refractivity contribution in [2.45, 2.75) is 65.7 Å². The van der Waals surface area contributed by atoms with Crippen LogP contribution in [0.5, 0.6) is 17.2 Å². The van der Waals surface area contributed by atoms with Gasteiger partial charge in [0.2, 0.25) is 0 Å². The van der Waals surface area contributed by atoms with E-state index >= 15 is 0 Å². The zero-order valence-electron chi connectivity index (χ0n) is 29.8. The van der Waals surface area contributed by atoms with E-state index < -0.39 is 0 Å². The van der Waals surface area contributed by atoms with Gasteiger partial charge in [-0.25, -0.2) is 4.98 Å². The van der Waals surface area contributed by atoms with E-state index in [-0.39, 0.29) is 38.3 Å². The van der Waals surface area contributed by atoms with Gasteiger partial charge in [-0.3, -0.25) is 4.68 Å². The fourth-order valence-electron chi connectivity index (χ4n) is 6.54. The maximum Gasteiger partial charge on any atom is 2.00 e. The van der Waals surface area contributed by atoms with E-state index in [0.29, 0.717) is 11.5 Å². The standard InChI is InChI=1S/C43H42N4O2.Pt/c1-27(2)41-40(29-14-10-9-11-15-29)42(28(3)4)47(45-41)31-22-30(43(5,6)7)23-34(24-31)49-33-18-19-36-35-16-12-13-17-37(35)46(38(36)25-33)39-26-32(48-8)20-21-44-39;/h9-23,26-28H,1-8H3;/q-2;+2. The summed E-state index contributed by atoms with van der Waals surface area (Å²) >= 11 is 0. The van der Waals surface area contributed by atoms with Crippen LogP contribution in [0.4, 0.5) is 0 Å². The van der Waals surface area contributed by atoms with Crippen LogP contribution in [0.2, 0.25) is 0 Å². The quantitative estimate of drug-likeness (QED) is 0.143. The van der Waals surface area contributed by atoms with Gasteiger partial charge in [-0.15, -0.1) is 41.3 Å². The molecule has 0 saturated heterocycles. The molecule has 4 aromatic carbocycles. The molecule has 0 saturated carbocycles. The molecule has 7 rings (SSSR count). The molecule has 0 aliphatic carbocycles. The molecule has 6 nitrogen and oxygen atoms in total. The molecule has 7 heteroatoms. The normalized spacial score (nSPS) is 11.8. The van der Waals surface area contributed by atoms with Gasteiger partial charge in [0.1, 0.15) is 11.6 Å². The molecule has 0 unspecified atom stereocenters. The zero-order valence-corrected chi connectivity index (χ0v) is 32.1. The average Bonchev–Trinajstić information content (AvgIpc) is 3.65. The predicted molar refractivity (Wildman–Crippen MR) is 199 cm³/mol. The summed E-state index contributed by atoms with van der Waals surface area (Å²) in [5, 5.41) is 7.45. The summed E-state index contributed by atoms with van der Waals surface area (Å²) in [6.07, 6.45) is 1.76. The van der Waals surface area contributed by atoms with Crippen molar-refractivity contribution in [3.8, 4) is 39.9 Å². The van der Waals surface area contributed by atoms with Gasteiger partial charge < -0.3 is 14.0 Å². The van der Waals surface area contributed by atoms with E-state index in [9.17, 15) is 0 Å². The molecular formula is C43H42N4O2Pt. The summed E-state index contributed by atoms with van der Waals surface area (Å²) in [4.78, 5) is 4.70. The third kappa shape index (κ3) is 6.49. The SMILES string of the molecule is COc1ccnc(-n2c3[c-]c(Oc4[c-]c(-n5nc(C(C)C)c(-c6ccccc6)c5C(C)C)cc(C(C)(C)C)c4)ccc3c3ccccc32)c1.[Pt+2]. The summed E-state index contributed by atoms with van der Waals surface area (Å²) in [6.45, 7) is 15.5. The van der Waals surface area contributed by atoms with E-state index in [1.54, 1.807) is 13.3 Å². The van der Waals surface area contributed by atoms with Crippen molar-refractivity contribution < 1.29 is 30.5 Å². The molecule has 3 aromatic heterocycles. The molecule has 0 atom stereocenters. The topological polar surface area (TPSA) is 54.1 Å². The number of nitrogens with zero attached hydrogens (tertiary/aromatic N) is 4. The molecule has 50 heavy (non-hydrogen) atoms. The van der Waals surface area contributed by atoms with Gasteiger partial charge in [0, 0.05) is 34.8 Å². The summed E-state index contributed by atoms with van der Waals surface area (Å²) in [5.41, 5.74) is 8.34. The van der Waals surface area contributed by atoms with E-state index in [2.05, 4.69) is 137 Å². The van der Waals surface area contributed by atoms with Gasteiger partial charge in [0.15, 0.2) is 0 Å². The number of rotatable bonds is 8. The van der Waals surface area contributed by atoms with Crippen molar-refractivity contribution in [1.29, 1.82) is 0 Å². The maximum absolute atomic E-state index is 6.68. The van der Waals surface area contributed by atoms with Gasteiger partial charge in [-0.2, -0.15) is 11.2 Å². The Morgan fingerprint density at radius 2 is 1.50 bits per heavy atom. The number of methoxy groups -OCH3 is 1. The molecule has 0 aliphatic rings. The summed E-state index contributed by atoms with van der Waals surface area (Å²) in [7, 11) is 1.67. The van der Waals surface area contributed by atoms with E-state index in [4.69, 9.17) is 19.6 Å². The van der Waals surface area contributed by atoms with Crippen LogP contribution in [0.1, 0.15) is 77.3 Å². The monoisotopic (exact) mass is 841 g/mol. The number of aromatic nitrogens is 4. The molecule has 3 heterocycles. The van der Waals surface area contributed by atoms with Crippen LogP contribution in [0, 0.1) is 12.1 Å². The maximum atomic E-state index is 6.68. The van der Waals surface area contributed by atoms with Crippen molar-refractivity contribution in [3.63, 3.8) is 0 Å². The fraction of sp³-hybridized carbons (Fsp3) is 0.256. The third-order valence-electron chi connectivity index (χ3n) is 8.99. The van der Waals surface area contributed by atoms with Crippen LogP contribution < -0.4 is 9.47 Å². The van der Waals surface area contributed by atoms with E-state index in [0.717, 1.165) is 56.0 Å². The van der Waals surface area contributed by atoms with E-state index in [1.807, 2.05) is 24.3 Å². The summed E-state index contributed by atoms with van der Waals surface area (Å²) < 4.78 is 16.4. The number of benzene rings is 4. The Bertz CT molecular complexity index is 2290. The summed E-state index contributed by atoms with van der Waals surface area (Å²) in [6, 6.07) is 38.3. The van der Waals surface area contributed by atoms with Crippen molar-refractivity contribution in [2.24, 2.45) is 0 Å². The van der Waals surface area contributed by atoms with Gasteiger partial charge >= 0.3 is 21.1 Å². The van der Waals surface area contributed by atoms with Crippen LogP contribution >= 0.6 is 0 Å². The van der Waals surface area contributed by atoms with Crippen molar-refractivity contribution in [2.75, 3.05) is 7.11 Å². The van der Waals surface area contributed by atoms with Gasteiger partial charge in [-0.05, 0) is 46.0 Å². The number of fused-ring (bicyclic) bond motifs is 3. The molecule has 0 bridgehead atoms. The molecular weight excluding hydrogens is 800 g/mol. The van der Waals surface area contributed by atoms with Gasteiger partial charge in [0.25, 0.3) is 0 Å². The number of hydrogen-bond acceptors (Lipinski definition) is 4. The second-order valence-electron chi connectivity index (χ2n) is 14.2. The van der Waals surface area contributed by atoms with Crippen LogP contribution in [-0.4, -0.2) is 26.4 Å². The van der Waals surface area contributed by atoms with Crippen molar-refractivity contribution in [3.05, 3.63) is 126 Å².